The van der Waals surface area contributed by atoms with Crippen LogP contribution in [0.3, 0.4) is 0 Å². The summed E-state index contributed by atoms with van der Waals surface area (Å²) in [5.74, 6) is 0.435. The lowest BCUT2D eigenvalue weighted by Crippen LogP contribution is -2.24. The highest BCUT2D eigenvalue weighted by Gasteiger charge is 2.21. The molecule has 78 valence electrons. The highest BCUT2D eigenvalue weighted by atomic mass is 16.3. The van der Waals surface area contributed by atoms with Crippen LogP contribution in [-0.2, 0) is 5.41 Å². The van der Waals surface area contributed by atoms with E-state index in [1.807, 2.05) is 32.0 Å². The van der Waals surface area contributed by atoms with Crippen molar-refractivity contribution in [3.63, 3.8) is 0 Å². The van der Waals surface area contributed by atoms with Crippen LogP contribution in [-0.4, -0.2) is 16.7 Å². The van der Waals surface area contributed by atoms with Gasteiger partial charge in [0.2, 0.25) is 0 Å². The maximum Gasteiger partial charge on any atom is 0.0537 e. The fourth-order valence-electron chi connectivity index (χ4n) is 1.23. The van der Waals surface area contributed by atoms with Crippen molar-refractivity contribution in [1.82, 2.24) is 4.98 Å². The van der Waals surface area contributed by atoms with Gasteiger partial charge in [-0.3, -0.25) is 4.98 Å². The quantitative estimate of drug-likeness (QED) is 0.800. The molecule has 2 heteroatoms. The van der Waals surface area contributed by atoms with Gasteiger partial charge in [0.15, 0.2) is 0 Å². The van der Waals surface area contributed by atoms with Gasteiger partial charge in [-0.25, -0.2) is 0 Å². The smallest absolute Gasteiger partial charge is 0.0537 e. The normalized spacial score (nSPS) is 12.1. The third kappa shape index (κ3) is 2.32. The Morgan fingerprint density at radius 3 is 2.50 bits per heavy atom. The Kier molecular flexibility index (Phi) is 3.27. The molecule has 0 aliphatic rings. The van der Waals surface area contributed by atoms with E-state index in [0.29, 0.717) is 5.92 Å². The van der Waals surface area contributed by atoms with E-state index in [0.717, 1.165) is 11.4 Å². The molecule has 0 radical (unpaired) electrons. The number of aliphatic hydroxyl groups excluding tert-OH is 1. The first-order valence-electron chi connectivity index (χ1n) is 5.05. The molecule has 1 heterocycles. The molecule has 0 saturated carbocycles. The lowest BCUT2D eigenvalue weighted by molar-refractivity contribution is 0.215. The van der Waals surface area contributed by atoms with Crippen molar-refractivity contribution in [2.45, 2.75) is 39.0 Å². The van der Waals surface area contributed by atoms with Crippen LogP contribution in [0.5, 0.6) is 0 Å². The first kappa shape index (κ1) is 11.2. The molecular weight excluding hydrogens is 174 g/mol. The molecule has 0 bridgehead atoms. The molecule has 1 aromatic heterocycles. The zero-order valence-electron chi connectivity index (χ0n) is 9.41. The number of hydrogen-bond donors (Lipinski definition) is 1. The second-order valence-corrected chi connectivity index (χ2v) is 4.64. The van der Waals surface area contributed by atoms with Gasteiger partial charge in [0.25, 0.3) is 0 Å². The van der Waals surface area contributed by atoms with E-state index < -0.39 is 0 Å². The zero-order valence-corrected chi connectivity index (χ0v) is 9.41. The molecule has 0 spiro atoms. The number of aromatic nitrogens is 1. The van der Waals surface area contributed by atoms with Crippen molar-refractivity contribution in [2.24, 2.45) is 0 Å². The zero-order chi connectivity index (χ0) is 10.8. The summed E-state index contributed by atoms with van der Waals surface area (Å²) in [6.07, 6.45) is 0. The average Bonchev–Trinajstić information content (AvgIpc) is 2.18. The standard InChI is InChI=1S/C12H19NO/c1-9(2)10-6-5-7-11(13-10)12(3,4)8-14/h5-7,9,14H,8H2,1-4H3. The fourth-order valence-corrected chi connectivity index (χ4v) is 1.23. The van der Waals surface area contributed by atoms with Crippen molar-refractivity contribution in [2.75, 3.05) is 6.61 Å². The molecule has 1 rings (SSSR count). The molecule has 0 atom stereocenters. The van der Waals surface area contributed by atoms with E-state index in [4.69, 9.17) is 0 Å². The van der Waals surface area contributed by atoms with Crippen molar-refractivity contribution in [3.8, 4) is 0 Å². The maximum atomic E-state index is 9.24. The SMILES string of the molecule is CC(C)c1cccc(C(C)(C)CO)n1. The van der Waals surface area contributed by atoms with E-state index in [9.17, 15) is 5.11 Å². The minimum absolute atomic E-state index is 0.127. The molecule has 0 amide bonds. The third-order valence-electron chi connectivity index (χ3n) is 2.45. The van der Waals surface area contributed by atoms with Gasteiger partial charge >= 0.3 is 0 Å². The number of pyridine rings is 1. The van der Waals surface area contributed by atoms with Crippen molar-refractivity contribution in [1.29, 1.82) is 0 Å². The van der Waals surface area contributed by atoms with Crippen molar-refractivity contribution >= 4 is 0 Å². The first-order chi connectivity index (χ1) is 6.47. The molecule has 1 N–H and O–H groups in total. The molecule has 2 nitrogen and oxygen atoms in total. The van der Waals surface area contributed by atoms with E-state index >= 15 is 0 Å². The summed E-state index contributed by atoms with van der Waals surface area (Å²) in [4.78, 5) is 4.55. The topological polar surface area (TPSA) is 33.1 Å². The van der Waals surface area contributed by atoms with Crippen LogP contribution in [0.4, 0.5) is 0 Å². The Bertz CT molecular complexity index is 305. The Morgan fingerprint density at radius 1 is 1.36 bits per heavy atom. The average molecular weight is 193 g/mol. The van der Waals surface area contributed by atoms with Crippen LogP contribution in [0.15, 0.2) is 18.2 Å². The number of hydrogen-bond acceptors (Lipinski definition) is 2. The van der Waals surface area contributed by atoms with Gasteiger partial charge in [0.05, 0.1) is 6.61 Å². The number of nitrogens with zero attached hydrogens (tertiary/aromatic N) is 1. The molecule has 0 aliphatic carbocycles. The van der Waals surface area contributed by atoms with Gasteiger partial charge in [-0.1, -0.05) is 33.8 Å². The number of rotatable bonds is 3. The van der Waals surface area contributed by atoms with Gasteiger partial charge < -0.3 is 5.11 Å². The molecule has 1 aromatic rings. The van der Waals surface area contributed by atoms with E-state index in [2.05, 4.69) is 18.8 Å². The summed E-state index contributed by atoms with van der Waals surface area (Å²) >= 11 is 0. The summed E-state index contributed by atoms with van der Waals surface area (Å²) in [6.45, 7) is 8.37. The largest absolute Gasteiger partial charge is 0.395 e. The molecule has 0 unspecified atom stereocenters. The lowest BCUT2D eigenvalue weighted by atomic mass is 9.89. The van der Waals surface area contributed by atoms with Gasteiger partial charge in [-0.2, -0.15) is 0 Å². The highest BCUT2D eigenvalue weighted by molar-refractivity contribution is 5.20. The van der Waals surface area contributed by atoms with Gasteiger partial charge in [0, 0.05) is 16.8 Å². The monoisotopic (exact) mass is 193 g/mol. The minimum atomic E-state index is -0.245. The van der Waals surface area contributed by atoms with E-state index in [1.165, 1.54) is 0 Å². The molecular formula is C12H19NO. The Balaban J connectivity index is 3.05. The molecule has 0 aliphatic heterocycles. The van der Waals surface area contributed by atoms with Gasteiger partial charge in [-0.15, -0.1) is 0 Å². The van der Waals surface area contributed by atoms with E-state index in [-0.39, 0.29) is 12.0 Å². The first-order valence-corrected chi connectivity index (χ1v) is 5.05. The molecule has 0 aromatic carbocycles. The summed E-state index contributed by atoms with van der Waals surface area (Å²) in [7, 11) is 0. The fraction of sp³-hybridized carbons (Fsp3) is 0.583. The maximum absolute atomic E-state index is 9.24. The van der Waals surface area contributed by atoms with E-state index in [1.54, 1.807) is 0 Å². The second kappa shape index (κ2) is 4.09. The van der Waals surface area contributed by atoms with Crippen LogP contribution < -0.4 is 0 Å². The summed E-state index contributed by atoms with van der Waals surface area (Å²) in [5.41, 5.74) is 1.81. The van der Waals surface area contributed by atoms with Crippen LogP contribution in [0.25, 0.3) is 0 Å². The van der Waals surface area contributed by atoms with Crippen LogP contribution in [0.2, 0.25) is 0 Å². The molecule has 14 heavy (non-hydrogen) atoms. The minimum Gasteiger partial charge on any atom is -0.395 e. The van der Waals surface area contributed by atoms with Gasteiger partial charge in [0.1, 0.15) is 0 Å². The van der Waals surface area contributed by atoms with Crippen LogP contribution >= 0.6 is 0 Å². The van der Waals surface area contributed by atoms with Crippen molar-refractivity contribution < 1.29 is 5.11 Å². The molecule has 0 saturated heterocycles. The Hall–Kier alpha value is -0.890. The lowest BCUT2D eigenvalue weighted by Gasteiger charge is -2.21. The predicted molar refractivity (Wildman–Crippen MR) is 58.4 cm³/mol. The van der Waals surface area contributed by atoms with Crippen LogP contribution in [0.1, 0.15) is 45.0 Å². The van der Waals surface area contributed by atoms with Crippen LogP contribution in [0, 0.1) is 0 Å². The predicted octanol–water partition coefficient (Wildman–Crippen LogP) is 2.47. The summed E-state index contributed by atoms with van der Waals surface area (Å²) in [6, 6.07) is 6.01. The Labute approximate surface area is 86.0 Å². The summed E-state index contributed by atoms with van der Waals surface area (Å²) in [5, 5.41) is 9.24. The third-order valence-corrected chi connectivity index (χ3v) is 2.45. The Morgan fingerprint density at radius 2 is 2.00 bits per heavy atom. The molecule has 0 fully saturated rings. The summed E-state index contributed by atoms with van der Waals surface area (Å²) < 4.78 is 0. The number of aliphatic hydroxyl groups is 1. The van der Waals surface area contributed by atoms with Crippen molar-refractivity contribution in [3.05, 3.63) is 29.6 Å². The highest BCUT2D eigenvalue weighted by Crippen LogP contribution is 2.22. The van der Waals surface area contributed by atoms with Gasteiger partial charge in [-0.05, 0) is 18.1 Å². The second-order valence-electron chi connectivity index (χ2n) is 4.64.